The maximum atomic E-state index is 11.5. The highest BCUT2D eigenvalue weighted by atomic mass is 32.2. The van der Waals surface area contributed by atoms with Gasteiger partial charge in [-0.05, 0) is 38.3 Å². The summed E-state index contributed by atoms with van der Waals surface area (Å²) >= 11 is 0. The highest BCUT2D eigenvalue weighted by Gasteiger charge is 2.10. The molecule has 0 aromatic heterocycles. The lowest BCUT2D eigenvalue weighted by atomic mass is 10.2. The molecule has 0 heterocycles. The summed E-state index contributed by atoms with van der Waals surface area (Å²) in [6.45, 7) is 8.05. The predicted molar refractivity (Wildman–Crippen MR) is 65.9 cm³/mol. The molecule has 0 saturated carbocycles. The predicted octanol–water partition coefficient (Wildman–Crippen LogP) is 1.84. The molecule has 0 rings (SSSR count). The third kappa shape index (κ3) is 10.2. The Morgan fingerprint density at radius 1 is 1.13 bits per heavy atom. The summed E-state index contributed by atoms with van der Waals surface area (Å²) in [6, 6.07) is 0. The van der Waals surface area contributed by atoms with Crippen molar-refractivity contribution in [2.75, 3.05) is 24.6 Å². The minimum atomic E-state index is -2.79. The van der Waals surface area contributed by atoms with Crippen molar-refractivity contribution in [2.24, 2.45) is 5.92 Å². The standard InChI is InChI=1S/C11H25NO2S/c1-4-12-8-5-6-9-15(13,14)10-7-11(2)3/h11-12H,4-10H2,1-3H3. The van der Waals surface area contributed by atoms with E-state index in [2.05, 4.69) is 26.1 Å². The topological polar surface area (TPSA) is 46.2 Å². The van der Waals surface area contributed by atoms with Gasteiger partial charge in [0.1, 0.15) is 9.84 Å². The molecular formula is C11H25NO2S. The normalized spacial score (nSPS) is 12.3. The molecule has 0 atom stereocenters. The Bertz CT molecular complexity index is 235. The van der Waals surface area contributed by atoms with Crippen molar-refractivity contribution in [3.63, 3.8) is 0 Å². The van der Waals surface area contributed by atoms with Crippen LogP contribution in [-0.2, 0) is 9.84 Å². The summed E-state index contributed by atoms with van der Waals surface area (Å²) in [4.78, 5) is 0. The molecule has 0 aliphatic carbocycles. The van der Waals surface area contributed by atoms with Crippen molar-refractivity contribution in [1.82, 2.24) is 5.32 Å². The quantitative estimate of drug-likeness (QED) is 0.620. The maximum Gasteiger partial charge on any atom is 0.150 e. The van der Waals surface area contributed by atoms with Crippen LogP contribution in [0, 0.1) is 5.92 Å². The molecule has 3 nitrogen and oxygen atoms in total. The Morgan fingerprint density at radius 3 is 2.33 bits per heavy atom. The summed E-state index contributed by atoms with van der Waals surface area (Å²) < 4.78 is 23.1. The third-order valence-corrected chi connectivity index (χ3v) is 4.08. The molecule has 0 bridgehead atoms. The van der Waals surface area contributed by atoms with Crippen molar-refractivity contribution < 1.29 is 8.42 Å². The fourth-order valence-electron chi connectivity index (χ4n) is 1.27. The van der Waals surface area contributed by atoms with E-state index >= 15 is 0 Å². The van der Waals surface area contributed by atoms with Crippen LogP contribution in [0.3, 0.4) is 0 Å². The minimum absolute atomic E-state index is 0.352. The molecule has 1 N–H and O–H groups in total. The summed E-state index contributed by atoms with van der Waals surface area (Å²) in [6.07, 6.45) is 2.53. The molecule has 0 amide bonds. The van der Waals surface area contributed by atoms with Crippen LogP contribution in [0.25, 0.3) is 0 Å². The molecule has 0 radical (unpaired) electrons. The second kappa shape index (κ2) is 8.11. The molecule has 0 aliphatic heterocycles. The maximum absolute atomic E-state index is 11.5. The number of sulfone groups is 1. The molecule has 0 fully saturated rings. The molecule has 0 unspecified atom stereocenters. The van der Waals surface area contributed by atoms with E-state index in [9.17, 15) is 8.42 Å². The van der Waals surface area contributed by atoms with E-state index in [1.165, 1.54) is 0 Å². The lowest BCUT2D eigenvalue weighted by molar-refractivity contribution is 0.568. The van der Waals surface area contributed by atoms with E-state index in [0.29, 0.717) is 17.4 Å². The van der Waals surface area contributed by atoms with Gasteiger partial charge in [-0.1, -0.05) is 20.8 Å². The van der Waals surface area contributed by atoms with Crippen LogP contribution in [0.2, 0.25) is 0 Å². The van der Waals surface area contributed by atoms with E-state index in [0.717, 1.165) is 32.4 Å². The average Bonchev–Trinajstić information content (AvgIpc) is 2.15. The van der Waals surface area contributed by atoms with Crippen LogP contribution in [0.5, 0.6) is 0 Å². The number of hydrogen-bond acceptors (Lipinski definition) is 3. The highest BCUT2D eigenvalue weighted by Crippen LogP contribution is 2.05. The molecule has 0 aromatic rings. The van der Waals surface area contributed by atoms with Crippen LogP contribution in [0.15, 0.2) is 0 Å². The molecule has 4 heteroatoms. The van der Waals surface area contributed by atoms with Gasteiger partial charge in [-0.15, -0.1) is 0 Å². The van der Waals surface area contributed by atoms with E-state index in [1.807, 2.05) is 0 Å². The van der Waals surface area contributed by atoms with Gasteiger partial charge < -0.3 is 5.32 Å². The van der Waals surface area contributed by atoms with Gasteiger partial charge in [0.2, 0.25) is 0 Å². The molecular weight excluding hydrogens is 210 g/mol. The fraction of sp³-hybridized carbons (Fsp3) is 1.00. The summed E-state index contributed by atoms with van der Waals surface area (Å²) in [5.74, 6) is 1.18. The first-order valence-electron chi connectivity index (χ1n) is 5.89. The zero-order valence-electron chi connectivity index (χ0n) is 10.3. The van der Waals surface area contributed by atoms with Gasteiger partial charge >= 0.3 is 0 Å². The van der Waals surface area contributed by atoms with Crippen LogP contribution >= 0.6 is 0 Å². The molecule has 0 aliphatic rings. The van der Waals surface area contributed by atoms with Crippen molar-refractivity contribution in [1.29, 1.82) is 0 Å². The van der Waals surface area contributed by atoms with Gasteiger partial charge in [0, 0.05) is 0 Å². The summed E-state index contributed by atoms with van der Waals surface area (Å²) in [5, 5.41) is 3.19. The van der Waals surface area contributed by atoms with Gasteiger partial charge in [0.05, 0.1) is 11.5 Å². The van der Waals surface area contributed by atoms with Gasteiger partial charge in [-0.3, -0.25) is 0 Å². The number of unbranched alkanes of at least 4 members (excludes halogenated alkanes) is 1. The Balaban J connectivity index is 3.56. The second-order valence-electron chi connectivity index (χ2n) is 4.40. The molecule has 0 saturated heterocycles. The van der Waals surface area contributed by atoms with Gasteiger partial charge in [-0.2, -0.15) is 0 Å². The minimum Gasteiger partial charge on any atom is -0.317 e. The Labute approximate surface area is 94.6 Å². The van der Waals surface area contributed by atoms with Crippen LogP contribution < -0.4 is 5.32 Å². The monoisotopic (exact) mass is 235 g/mol. The highest BCUT2D eigenvalue weighted by molar-refractivity contribution is 7.91. The average molecular weight is 235 g/mol. The Kier molecular flexibility index (Phi) is 8.06. The zero-order chi connectivity index (χ0) is 11.7. The van der Waals surface area contributed by atoms with Gasteiger partial charge in [-0.25, -0.2) is 8.42 Å². The number of rotatable bonds is 9. The van der Waals surface area contributed by atoms with Crippen LogP contribution in [-0.4, -0.2) is 33.0 Å². The largest absolute Gasteiger partial charge is 0.317 e. The summed E-state index contributed by atoms with van der Waals surface area (Å²) in [7, 11) is -2.79. The molecule has 92 valence electrons. The Hall–Kier alpha value is -0.0900. The summed E-state index contributed by atoms with van der Waals surface area (Å²) in [5.41, 5.74) is 0. The van der Waals surface area contributed by atoms with E-state index in [-0.39, 0.29) is 0 Å². The lowest BCUT2D eigenvalue weighted by Crippen LogP contribution is -2.17. The van der Waals surface area contributed by atoms with Crippen LogP contribution in [0.4, 0.5) is 0 Å². The molecule has 0 spiro atoms. The Morgan fingerprint density at radius 2 is 1.80 bits per heavy atom. The van der Waals surface area contributed by atoms with E-state index < -0.39 is 9.84 Å². The number of hydrogen-bond donors (Lipinski definition) is 1. The van der Waals surface area contributed by atoms with Crippen molar-refractivity contribution in [3.05, 3.63) is 0 Å². The first-order valence-corrected chi connectivity index (χ1v) is 7.71. The van der Waals surface area contributed by atoms with Crippen molar-refractivity contribution in [3.8, 4) is 0 Å². The van der Waals surface area contributed by atoms with E-state index in [1.54, 1.807) is 0 Å². The third-order valence-electron chi connectivity index (χ3n) is 2.32. The fourth-order valence-corrected chi connectivity index (χ4v) is 2.94. The van der Waals surface area contributed by atoms with Crippen molar-refractivity contribution >= 4 is 9.84 Å². The first-order chi connectivity index (χ1) is 6.98. The second-order valence-corrected chi connectivity index (χ2v) is 6.70. The van der Waals surface area contributed by atoms with Gasteiger partial charge in [0.15, 0.2) is 0 Å². The molecule has 15 heavy (non-hydrogen) atoms. The lowest BCUT2D eigenvalue weighted by Gasteiger charge is -2.06. The SMILES string of the molecule is CCNCCCCS(=O)(=O)CCC(C)C. The smallest absolute Gasteiger partial charge is 0.150 e. The van der Waals surface area contributed by atoms with E-state index in [4.69, 9.17) is 0 Å². The number of nitrogens with one attached hydrogen (secondary N) is 1. The molecule has 0 aromatic carbocycles. The zero-order valence-corrected chi connectivity index (χ0v) is 11.1. The van der Waals surface area contributed by atoms with Gasteiger partial charge in [0.25, 0.3) is 0 Å². The van der Waals surface area contributed by atoms with Crippen LogP contribution in [0.1, 0.15) is 40.0 Å². The van der Waals surface area contributed by atoms with Crippen molar-refractivity contribution in [2.45, 2.75) is 40.0 Å². The first kappa shape index (κ1) is 14.9.